The molecule has 1 unspecified atom stereocenters. The number of carbonyl (C=O) groups is 1. The van der Waals surface area contributed by atoms with E-state index in [1.807, 2.05) is 67.6 Å². The Hall–Kier alpha value is -4.19. The first kappa shape index (κ1) is 25.5. The number of nitrogens with one attached hydrogen (secondary N) is 2. The molecule has 38 heavy (non-hydrogen) atoms. The molecular formula is C29H22BrClN6O. The van der Waals surface area contributed by atoms with Crippen molar-refractivity contribution in [3.8, 4) is 17.3 Å². The molecule has 0 fully saturated rings. The van der Waals surface area contributed by atoms with E-state index in [0.717, 1.165) is 32.7 Å². The molecule has 2 aromatic heterocycles. The zero-order valence-electron chi connectivity index (χ0n) is 20.3. The first-order chi connectivity index (χ1) is 18.4. The number of aromatic nitrogens is 3. The van der Waals surface area contributed by atoms with Gasteiger partial charge in [-0.1, -0.05) is 54.1 Å². The highest BCUT2D eigenvalue weighted by Crippen LogP contribution is 2.30. The Morgan fingerprint density at radius 2 is 1.92 bits per heavy atom. The normalized spacial score (nSPS) is 11.6. The van der Waals surface area contributed by atoms with Crippen LogP contribution in [-0.2, 0) is 6.54 Å². The number of carbonyl (C=O) groups excluding carboxylic acids is 1. The number of nitriles is 1. The number of halogens is 2. The molecule has 7 nitrogen and oxygen atoms in total. The lowest BCUT2D eigenvalue weighted by atomic mass is 10.0. The summed E-state index contributed by atoms with van der Waals surface area (Å²) in [5, 5.41) is 20.6. The lowest BCUT2D eigenvalue weighted by Gasteiger charge is -2.13. The number of fused-ring (bicyclic) bond motifs is 1. The molecule has 0 aliphatic rings. The largest absolute Gasteiger partial charge is 0.366 e. The first-order valence-electron chi connectivity index (χ1n) is 11.9. The molecule has 5 rings (SSSR count). The van der Waals surface area contributed by atoms with E-state index in [4.69, 9.17) is 16.6 Å². The van der Waals surface area contributed by atoms with E-state index >= 15 is 0 Å². The molecule has 0 spiro atoms. The Morgan fingerprint density at radius 1 is 1.11 bits per heavy atom. The summed E-state index contributed by atoms with van der Waals surface area (Å²) in [6.07, 6.45) is 1.70. The number of hydrogen-bond acceptors (Lipinski definition) is 5. The topological polar surface area (TPSA) is 95.1 Å². The zero-order chi connectivity index (χ0) is 26.6. The fraction of sp³-hybridized carbons (Fsp3) is 0.103. The van der Waals surface area contributed by atoms with E-state index in [1.54, 1.807) is 28.9 Å². The maximum atomic E-state index is 12.9. The van der Waals surface area contributed by atoms with Gasteiger partial charge >= 0.3 is 0 Å². The van der Waals surface area contributed by atoms with Crippen molar-refractivity contribution in [2.24, 2.45) is 0 Å². The highest BCUT2D eigenvalue weighted by molar-refractivity contribution is 9.10. The van der Waals surface area contributed by atoms with Gasteiger partial charge in [0.05, 0.1) is 28.4 Å². The van der Waals surface area contributed by atoms with Crippen LogP contribution < -0.4 is 10.6 Å². The van der Waals surface area contributed by atoms with Crippen LogP contribution in [0.1, 0.15) is 34.3 Å². The summed E-state index contributed by atoms with van der Waals surface area (Å²) in [4.78, 5) is 17.6. The molecule has 0 radical (unpaired) electrons. The molecule has 1 atom stereocenters. The van der Waals surface area contributed by atoms with Gasteiger partial charge in [-0.25, -0.2) is 4.98 Å². The number of benzene rings is 3. The molecule has 5 aromatic rings. The van der Waals surface area contributed by atoms with Crippen LogP contribution in [0, 0.1) is 11.3 Å². The summed E-state index contributed by atoms with van der Waals surface area (Å²) < 4.78 is 2.50. The molecule has 0 bridgehead atoms. The minimum atomic E-state index is -0.286. The van der Waals surface area contributed by atoms with Crippen molar-refractivity contribution in [2.75, 3.05) is 10.6 Å². The molecule has 9 heteroatoms. The van der Waals surface area contributed by atoms with Gasteiger partial charge in [-0.3, -0.25) is 4.79 Å². The second-order valence-corrected chi connectivity index (χ2v) is 9.98. The van der Waals surface area contributed by atoms with Gasteiger partial charge in [-0.2, -0.15) is 14.9 Å². The van der Waals surface area contributed by atoms with Gasteiger partial charge in [0.15, 0.2) is 5.65 Å². The van der Waals surface area contributed by atoms with E-state index in [1.165, 1.54) is 0 Å². The minimum absolute atomic E-state index is 0.233. The van der Waals surface area contributed by atoms with Crippen molar-refractivity contribution in [3.05, 3.63) is 111 Å². The summed E-state index contributed by atoms with van der Waals surface area (Å²) >= 11 is 9.97. The van der Waals surface area contributed by atoms with Crippen LogP contribution in [0.3, 0.4) is 0 Å². The molecule has 0 aliphatic carbocycles. The second kappa shape index (κ2) is 11.1. The van der Waals surface area contributed by atoms with Gasteiger partial charge in [-0.05, 0) is 64.3 Å². The Kier molecular flexibility index (Phi) is 7.40. The van der Waals surface area contributed by atoms with Crippen molar-refractivity contribution in [1.29, 1.82) is 5.26 Å². The molecular weight excluding hydrogens is 564 g/mol. The molecule has 3 aromatic carbocycles. The number of rotatable bonds is 7. The van der Waals surface area contributed by atoms with Crippen molar-refractivity contribution in [3.63, 3.8) is 0 Å². The Balaban J connectivity index is 1.36. The molecule has 0 saturated carbocycles. The molecule has 0 saturated heterocycles. The van der Waals surface area contributed by atoms with Crippen LogP contribution >= 0.6 is 27.5 Å². The lowest BCUT2D eigenvalue weighted by molar-refractivity contribution is 0.102. The molecule has 2 N–H and O–H groups in total. The molecule has 2 heterocycles. The van der Waals surface area contributed by atoms with E-state index in [0.29, 0.717) is 28.5 Å². The van der Waals surface area contributed by atoms with Crippen LogP contribution in [0.25, 0.3) is 16.9 Å². The maximum Gasteiger partial charge on any atom is 0.255 e. The minimum Gasteiger partial charge on any atom is -0.366 e. The number of hydrogen-bond donors (Lipinski definition) is 2. The van der Waals surface area contributed by atoms with Crippen molar-refractivity contribution in [1.82, 2.24) is 14.6 Å². The summed E-state index contributed by atoms with van der Waals surface area (Å²) in [5.41, 5.74) is 5.16. The van der Waals surface area contributed by atoms with Crippen LogP contribution in [0.4, 0.5) is 11.5 Å². The monoisotopic (exact) mass is 584 g/mol. The standard InChI is InChI=1S/C29H22BrClN6O/c1-18(15-32)20-7-5-8-21(13-20)29(38)35-22-9-4-6-19(12-22)16-33-27-14-26(23-10-2-3-11-25(23)31)36-28-24(30)17-34-37(27)28/h2-14,17-18,33H,16H2,1H3,(H,35,38). The highest BCUT2D eigenvalue weighted by Gasteiger charge is 2.14. The second-order valence-electron chi connectivity index (χ2n) is 8.72. The fourth-order valence-corrected chi connectivity index (χ4v) is 4.63. The smallest absolute Gasteiger partial charge is 0.255 e. The third kappa shape index (κ3) is 5.40. The van der Waals surface area contributed by atoms with Gasteiger partial charge in [0.1, 0.15) is 5.82 Å². The first-order valence-corrected chi connectivity index (χ1v) is 13.0. The van der Waals surface area contributed by atoms with Gasteiger partial charge in [0.2, 0.25) is 0 Å². The average molecular weight is 586 g/mol. The summed E-state index contributed by atoms with van der Waals surface area (Å²) in [5.74, 6) is 0.225. The molecule has 1 amide bonds. The van der Waals surface area contributed by atoms with Crippen molar-refractivity contribution in [2.45, 2.75) is 19.4 Å². The van der Waals surface area contributed by atoms with Crippen molar-refractivity contribution < 1.29 is 4.79 Å². The predicted molar refractivity (Wildman–Crippen MR) is 153 cm³/mol. The quantitative estimate of drug-likeness (QED) is 0.209. The summed E-state index contributed by atoms with van der Waals surface area (Å²) in [6.45, 7) is 2.29. The zero-order valence-corrected chi connectivity index (χ0v) is 22.7. The molecule has 0 aliphatic heterocycles. The van der Waals surface area contributed by atoms with Gasteiger partial charge in [0.25, 0.3) is 5.91 Å². The van der Waals surface area contributed by atoms with E-state index < -0.39 is 0 Å². The van der Waals surface area contributed by atoms with Gasteiger partial charge < -0.3 is 10.6 Å². The third-order valence-electron chi connectivity index (χ3n) is 6.08. The van der Waals surface area contributed by atoms with Crippen LogP contribution in [0.5, 0.6) is 0 Å². The fourth-order valence-electron chi connectivity index (χ4n) is 4.05. The summed E-state index contributed by atoms with van der Waals surface area (Å²) in [6, 6.07) is 26.4. The Labute approximate surface area is 233 Å². The SMILES string of the molecule is CC(C#N)c1cccc(C(=O)Nc2cccc(CNc3cc(-c4ccccc4Cl)nc4c(Br)cnn34)c2)c1. The lowest BCUT2D eigenvalue weighted by Crippen LogP contribution is -2.13. The van der Waals surface area contributed by atoms with Gasteiger partial charge in [0, 0.05) is 34.4 Å². The third-order valence-corrected chi connectivity index (χ3v) is 6.97. The average Bonchev–Trinajstić information content (AvgIpc) is 3.32. The van der Waals surface area contributed by atoms with Crippen LogP contribution in [0.15, 0.2) is 89.5 Å². The van der Waals surface area contributed by atoms with Crippen LogP contribution in [-0.4, -0.2) is 20.5 Å². The van der Waals surface area contributed by atoms with Crippen LogP contribution in [0.2, 0.25) is 5.02 Å². The van der Waals surface area contributed by atoms with Gasteiger partial charge in [-0.15, -0.1) is 0 Å². The Morgan fingerprint density at radius 3 is 2.74 bits per heavy atom. The number of nitrogens with zero attached hydrogens (tertiary/aromatic N) is 4. The maximum absolute atomic E-state index is 12.9. The predicted octanol–water partition coefficient (Wildman–Crippen LogP) is 7.30. The van der Waals surface area contributed by atoms with E-state index in [-0.39, 0.29) is 11.8 Å². The number of anilines is 2. The Bertz CT molecular complexity index is 1690. The number of amides is 1. The van der Waals surface area contributed by atoms with E-state index in [9.17, 15) is 10.1 Å². The summed E-state index contributed by atoms with van der Waals surface area (Å²) in [7, 11) is 0. The highest BCUT2D eigenvalue weighted by atomic mass is 79.9. The molecule has 188 valence electrons. The van der Waals surface area contributed by atoms with E-state index in [2.05, 4.69) is 37.7 Å². The van der Waals surface area contributed by atoms with Crippen molar-refractivity contribution >= 4 is 50.6 Å².